The summed E-state index contributed by atoms with van der Waals surface area (Å²) < 4.78 is 26.9. The molecule has 0 radical (unpaired) electrons. The van der Waals surface area contributed by atoms with Crippen molar-refractivity contribution < 1.29 is 13.0 Å². The van der Waals surface area contributed by atoms with Crippen molar-refractivity contribution in [3.8, 4) is 0 Å². The van der Waals surface area contributed by atoms with Crippen LogP contribution in [-0.2, 0) is 10.1 Å². The molecule has 50 valence electrons. The number of hydrogen-bond donors (Lipinski definition) is 3. The van der Waals surface area contributed by atoms with E-state index in [0.29, 0.717) is 0 Å². The Hall–Kier alpha value is 0.220. The lowest BCUT2D eigenvalue weighted by atomic mass is 10.8. The second kappa shape index (κ2) is 2.67. The highest BCUT2D eigenvalue weighted by atomic mass is 32.3. The fraction of sp³-hybridized carbons (Fsp3) is 1.00. The lowest BCUT2D eigenvalue weighted by molar-refractivity contribution is 0.480. The topological polar surface area (TPSA) is 80.4 Å². The summed E-state index contributed by atoms with van der Waals surface area (Å²) in [7, 11) is -4.01. The van der Waals surface area contributed by atoms with Crippen LogP contribution in [0.25, 0.3) is 0 Å². The van der Waals surface area contributed by atoms with Crippen LogP contribution in [0.1, 0.15) is 0 Å². The van der Waals surface area contributed by atoms with Gasteiger partial charge in [0, 0.05) is 6.54 Å². The highest BCUT2D eigenvalue weighted by Crippen LogP contribution is 1.99. The molecule has 0 aliphatic heterocycles. The molecule has 3 N–H and O–H groups in total. The average molecular weight is 157 g/mol. The molecule has 0 aromatic heterocycles. The van der Waals surface area contributed by atoms with Gasteiger partial charge in [-0.05, 0) is 0 Å². The molecule has 0 rings (SSSR count). The largest absolute Gasteiger partial charge is 0.328 e. The highest BCUT2D eigenvalue weighted by Gasteiger charge is 2.14. The van der Waals surface area contributed by atoms with Crippen LogP contribution in [0.2, 0.25) is 0 Å². The van der Waals surface area contributed by atoms with Crippen molar-refractivity contribution in [2.24, 2.45) is 5.73 Å². The smallest absolute Gasteiger partial charge is 0.278 e. The SMILES string of the molecule is NCC(S)S(=O)(=O)O. The van der Waals surface area contributed by atoms with Gasteiger partial charge in [-0.3, -0.25) is 4.55 Å². The van der Waals surface area contributed by atoms with Crippen molar-refractivity contribution in [2.75, 3.05) is 6.54 Å². The molecule has 0 aromatic rings. The van der Waals surface area contributed by atoms with Gasteiger partial charge >= 0.3 is 0 Å². The summed E-state index contributed by atoms with van der Waals surface area (Å²) in [5, 5.41) is 0. The van der Waals surface area contributed by atoms with Gasteiger partial charge in [-0.15, -0.1) is 0 Å². The Morgan fingerprint density at radius 2 is 2.12 bits per heavy atom. The summed E-state index contributed by atoms with van der Waals surface area (Å²) in [6.07, 6.45) is 0. The summed E-state index contributed by atoms with van der Waals surface area (Å²) in [4.78, 5) is 0. The Bertz CT molecular complexity index is 151. The van der Waals surface area contributed by atoms with Crippen LogP contribution < -0.4 is 5.73 Å². The van der Waals surface area contributed by atoms with Crippen LogP contribution in [0.5, 0.6) is 0 Å². The Kier molecular flexibility index (Phi) is 2.75. The molecule has 4 nitrogen and oxygen atoms in total. The molecule has 0 heterocycles. The Morgan fingerprint density at radius 1 is 1.75 bits per heavy atom. The molecular formula is C2H7NO3S2. The van der Waals surface area contributed by atoms with E-state index in [1.807, 2.05) is 0 Å². The lowest BCUT2D eigenvalue weighted by Gasteiger charge is -1.99. The minimum Gasteiger partial charge on any atom is -0.328 e. The van der Waals surface area contributed by atoms with E-state index in [2.05, 4.69) is 12.6 Å². The molecule has 0 bridgehead atoms. The van der Waals surface area contributed by atoms with E-state index in [4.69, 9.17) is 10.3 Å². The van der Waals surface area contributed by atoms with Crippen LogP contribution >= 0.6 is 12.6 Å². The molecule has 6 heteroatoms. The second-order valence-corrected chi connectivity index (χ2v) is 3.78. The number of thiol groups is 1. The molecule has 0 aliphatic carbocycles. The van der Waals surface area contributed by atoms with Crippen molar-refractivity contribution in [2.45, 2.75) is 4.58 Å². The molecule has 0 saturated carbocycles. The first-order valence-corrected chi connectivity index (χ1v) is 3.85. The molecule has 1 atom stereocenters. The van der Waals surface area contributed by atoms with E-state index in [1.165, 1.54) is 0 Å². The molecule has 0 amide bonds. The summed E-state index contributed by atoms with van der Waals surface area (Å²) >= 11 is 3.45. The number of nitrogens with two attached hydrogens (primary N) is 1. The van der Waals surface area contributed by atoms with Crippen LogP contribution in [0.15, 0.2) is 0 Å². The fourth-order valence-corrected chi connectivity index (χ4v) is 0.365. The maximum absolute atomic E-state index is 9.96. The quantitative estimate of drug-likeness (QED) is 0.358. The van der Waals surface area contributed by atoms with Gasteiger partial charge < -0.3 is 5.73 Å². The van der Waals surface area contributed by atoms with E-state index in [9.17, 15) is 8.42 Å². The Labute approximate surface area is 53.2 Å². The minimum absolute atomic E-state index is 0.179. The standard InChI is InChI=1S/C2H7NO3S2/c3-1-2(7)8(4,5)6/h2,7H,1,3H2,(H,4,5,6). The van der Waals surface area contributed by atoms with E-state index >= 15 is 0 Å². The summed E-state index contributed by atoms with van der Waals surface area (Å²) in [6.45, 7) is -0.179. The van der Waals surface area contributed by atoms with E-state index in [1.54, 1.807) is 0 Å². The van der Waals surface area contributed by atoms with Gasteiger partial charge in [-0.25, -0.2) is 0 Å². The van der Waals surface area contributed by atoms with Gasteiger partial charge in [-0.2, -0.15) is 21.0 Å². The van der Waals surface area contributed by atoms with Crippen LogP contribution in [0.3, 0.4) is 0 Å². The van der Waals surface area contributed by atoms with Gasteiger partial charge in [0.1, 0.15) is 4.58 Å². The third kappa shape index (κ3) is 2.51. The third-order valence-corrected chi connectivity index (χ3v) is 2.44. The monoisotopic (exact) mass is 157 g/mol. The van der Waals surface area contributed by atoms with Crippen LogP contribution in [0.4, 0.5) is 0 Å². The van der Waals surface area contributed by atoms with E-state index in [0.717, 1.165) is 0 Å². The molecule has 0 aliphatic rings. The lowest BCUT2D eigenvalue weighted by Crippen LogP contribution is -2.23. The van der Waals surface area contributed by atoms with E-state index in [-0.39, 0.29) is 6.54 Å². The van der Waals surface area contributed by atoms with Crippen molar-refractivity contribution in [1.82, 2.24) is 0 Å². The third-order valence-electron chi connectivity index (χ3n) is 0.545. The van der Waals surface area contributed by atoms with Crippen LogP contribution in [-0.4, -0.2) is 24.1 Å². The predicted molar refractivity (Wildman–Crippen MR) is 33.4 cm³/mol. The molecule has 0 aromatic carbocycles. The molecule has 0 fully saturated rings. The normalized spacial score (nSPS) is 15.9. The number of hydrogen-bond acceptors (Lipinski definition) is 4. The zero-order valence-corrected chi connectivity index (χ0v) is 5.69. The van der Waals surface area contributed by atoms with Crippen molar-refractivity contribution in [3.63, 3.8) is 0 Å². The van der Waals surface area contributed by atoms with Crippen LogP contribution in [0, 0.1) is 0 Å². The molecule has 0 saturated heterocycles. The maximum Gasteiger partial charge on any atom is 0.278 e. The van der Waals surface area contributed by atoms with Crippen molar-refractivity contribution in [3.05, 3.63) is 0 Å². The summed E-state index contributed by atoms with van der Waals surface area (Å²) in [5.74, 6) is 0. The first kappa shape index (κ1) is 8.22. The maximum atomic E-state index is 9.96. The second-order valence-electron chi connectivity index (χ2n) is 1.21. The highest BCUT2D eigenvalue weighted by molar-refractivity contribution is 8.01. The Morgan fingerprint density at radius 3 is 2.12 bits per heavy atom. The average Bonchev–Trinajstić information content (AvgIpc) is 1.62. The summed E-state index contributed by atoms with van der Waals surface area (Å²) in [5.41, 5.74) is 4.84. The van der Waals surface area contributed by atoms with Gasteiger partial charge in [0.05, 0.1) is 0 Å². The molecule has 0 spiro atoms. The first-order chi connectivity index (χ1) is 3.48. The zero-order valence-electron chi connectivity index (χ0n) is 3.98. The molecule has 1 unspecified atom stereocenters. The summed E-state index contributed by atoms with van der Waals surface area (Å²) in [6, 6.07) is 0. The van der Waals surface area contributed by atoms with Gasteiger partial charge in [0.2, 0.25) is 0 Å². The van der Waals surface area contributed by atoms with Gasteiger partial charge in [0.25, 0.3) is 10.1 Å². The Balaban J connectivity index is 4.04. The fourth-order valence-electron chi connectivity index (χ4n) is 0.122. The zero-order chi connectivity index (χ0) is 6.78. The number of rotatable bonds is 2. The minimum atomic E-state index is -4.01. The van der Waals surface area contributed by atoms with Crippen molar-refractivity contribution in [1.29, 1.82) is 0 Å². The first-order valence-electron chi connectivity index (χ1n) is 1.83. The van der Waals surface area contributed by atoms with Gasteiger partial charge in [0.15, 0.2) is 0 Å². The van der Waals surface area contributed by atoms with E-state index < -0.39 is 14.7 Å². The molecular weight excluding hydrogens is 150 g/mol. The van der Waals surface area contributed by atoms with Crippen molar-refractivity contribution >= 4 is 22.7 Å². The molecule has 8 heavy (non-hydrogen) atoms. The predicted octanol–water partition coefficient (Wildman–Crippen LogP) is -0.911. The van der Waals surface area contributed by atoms with Gasteiger partial charge in [-0.1, -0.05) is 0 Å².